The zero-order valence-electron chi connectivity index (χ0n) is 20.1. The summed E-state index contributed by atoms with van der Waals surface area (Å²) in [5.41, 5.74) is 25.4. The maximum Gasteiger partial charge on any atom is 0.223 e. The highest BCUT2D eigenvalue weighted by Gasteiger charge is 2.20. The fourth-order valence-electron chi connectivity index (χ4n) is 3.17. The number of rotatable bonds is 4. The largest absolute Gasteiger partial charge is 0.497 e. The van der Waals surface area contributed by atoms with Crippen molar-refractivity contribution in [2.45, 2.75) is 0 Å². The van der Waals surface area contributed by atoms with Gasteiger partial charge in [0.25, 0.3) is 0 Å². The molecule has 14 heteroatoms. The van der Waals surface area contributed by atoms with Crippen LogP contribution in [-0.4, -0.2) is 74.0 Å². The van der Waals surface area contributed by atoms with Gasteiger partial charge < -0.3 is 42.2 Å². The summed E-state index contributed by atoms with van der Waals surface area (Å²) in [6.07, 6.45) is 0. The summed E-state index contributed by atoms with van der Waals surface area (Å²) < 4.78 is 10.3. The van der Waals surface area contributed by atoms with Gasteiger partial charge in [0.1, 0.15) is 11.5 Å². The minimum atomic E-state index is 0. The first-order valence-electron chi connectivity index (χ1n) is 10.5. The molecule has 0 atom stereocenters. The Bertz CT molecular complexity index is 994. The monoisotopic (exact) mass is 538 g/mol. The number of hydrogen-bond acceptors (Lipinski definition) is 4. The van der Waals surface area contributed by atoms with Gasteiger partial charge in [-0.2, -0.15) is 9.98 Å². The van der Waals surface area contributed by atoms with E-state index in [-0.39, 0.29) is 48.7 Å². The van der Waals surface area contributed by atoms with Gasteiger partial charge in [0.15, 0.2) is 11.9 Å². The standard InChI is InChI=1S/C22H30N10O2.2ClH/c1-33-17-7-3-15(4-8-17)27-19(23)29-21(25)31-11-13-32(14-12-31)22(26)30-20(24)28-16-5-9-18(34-2)10-6-16;;/h3-10H,11-14H2,1-2H3,(H4,23,25,27,29)(H4,24,26,28,30);2*1H. The maximum absolute atomic E-state index is 6.12. The first-order valence-corrected chi connectivity index (χ1v) is 10.5. The number of nitrogens with zero attached hydrogens (tertiary/aromatic N) is 6. The Morgan fingerprint density at radius 3 is 1.19 bits per heavy atom. The lowest BCUT2D eigenvalue weighted by atomic mass is 10.3. The molecule has 0 bridgehead atoms. The average molecular weight is 539 g/mol. The number of guanidine groups is 4. The highest BCUT2D eigenvalue weighted by atomic mass is 35.5. The highest BCUT2D eigenvalue weighted by Crippen LogP contribution is 2.18. The van der Waals surface area contributed by atoms with Gasteiger partial charge in [0, 0.05) is 26.2 Å². The summed E-state index contributed by atoms with van der Waals surface area (Å²) >= 11 is 0. The lowest BCUT2D eigenvalue weighted by Gasteiger charge is -2.35. The van der Waals surface area contributed by atoms with Crippen molar-refractivity contribution in [3.05, 3.63) is 48.5 Å². The van der Waals surface area contributed by atoms with Gasteiger partial charge in [-0.25, -0.2) is 9.98 Å². The van der Waals surface area contributed by atoms with Gasteiger partial charge in [-0.05, 0) is 48.5 Å². The van der Waals surface area contributed by atoms with Crippen LogP contribution in [0.25, 0.3) is 0 Å². The molecule has 2 aromatic rings. The normalized spacial score (nSPS) is 15.1. The number of piperazine rings is 1. The molecule has 1 aliphatic rings. The minimum Gasteiger partial charge on any atom is -0.497 e. The summed E-state index contributed by atoms with van der Waals surface area (Å²) in [4.78, 5) is 20.7. The van der Waals surface area contributed by atoms with Crippen LogP contribution >= 0.6 is 24.8 Å². The van der Waals surface area contributed by atoms with Crippen molar-refractivity contribution >= 4 is 60.0 Å². The van der Waals surface area contributed by atoms with Crippen LogP contribution in [0.3, 0.4) is 0 Å². The number of hydrogen-bond donors (Lipinski definition) is 4. The molecule has 0 aliphatic carbocycles. The average Bonchev–Trinajstić information content (AvgIpc) is 2.85. The van der Waals surface area contributed by atoms with Crippen molar-refractivity contribution in [3.63, 3.8) is 0 Å². The van der Waals surface area contributed by atoms with Crippen LogP contribution in [0.2, 0.25) is 0 Å². The Morgan fingerprint density at radius 1 is 0.611 bits per heavy atom. The molecule has 3 rings (SSSR count). The molecule has 8 N–H and O–H groups in total. The topological polar surface area (TPSA) is 178 Å². The number of ether oxygens (including phenoxy) is 2. The molecule has 1 saturated heterocycles. The molecule has 0 spiro atoms. The molecule has 0 aromatic heterocycles. The molecule has 1 aliphatic heterocycles. The molecule has 0 saturated carbocycles. The van der Waals surface area contributed by atoms with Crippen LogP contribution in [-0.2, 0) is 0 Å². The second-order valence-electron chi connectivity index (χ2n) is 7.25. The van der Waals surface area contributed by atoms with E-state index >= 15 is 0 Å². The van der Waals surface area contributed by atoms with Crippen molar-refractivity contribution < 1.29 is 9.47 Å². The highest BCUT2D eigenvalue weighted by molar-refractivity contribution is 5.95. The number of halogens is 2. The number of nitrogens with two attached hydrogens (primary N) is 4. The van der Waals surface area contributed by atoms with Crippen LogP contribution < -0.4 is 32.4 Å². The molecule has 1 heterocycles. The third-order valence-electron chi connectivity index (χ3n) is 5.02. The number of aliphatic imine (C=N–C) groups is 4. The number of benzene rings is 2. The van der Waals surface area contributed by atoms with Gasteiger partial charge in [-0.3, -0.25) is 0 Å². The van der Waals surface area contributed by atoms with E-state index in [9.17, 15) is 0 Å². The molecule has 196 valence electrons. The fraction of sp³-hybridized carbons (Fsp3) is 0.273. The molecule has 12 nitrogen and oxygen atoms in total. The molecule has 0 amide bonds. The van der Waals surface area contributed by atoms with E-state index in [2.05, 4.69) is 20.0 Å². The second-order valence-corrected chi connectivity index (χ2v) is 7.25. The van der Waals surface area contributed by atoms with Crippen molar-refractivity contribution in [2.75, 3.05) is 40.4 Å². The van der Waals surface area contributed by atoms with E-state index in [4.69, 9.17) is 32.4 Å². The quantitative estimate of drug-likeness (QED) is 0.332. The molecule has 0 radical (unpaired) electrons. The summed E-state index contributed by atoms with van der Waals surface area (Å²) in [6, 6.07) is 14.3. The molecule has 1 fully saturated rings. The molecular formula is C22H32Cl2N10O2. The third-order valence-corrected chi connectivity index (χ3v) is 5.02. The molecule has 0 unspecified atom stereocenters. The van der Waals surface area contributed by atoms with Crippen LogP contribution in [0.1, 0.15) is 0 Å². The third kappa shape index (κ3) is 8.71. The van der Waals surface area contributed by atoms with Gasteiger partial charge in [0.2, 0.25) is 11.9 Å². The molecular weight excluding hydrogens is 507 g/mol. The Balaban J connectivity index is 0.00000324. The van der Waals surface area contributed by atoms with Gasteiger partial charge in [0.05, 0.1) is 25.6 Å². The fourth-order valence-corrected chi connectivity index (χ4v) is 3.17. The Morgan fingerprint density at radius 2 is 0.917 bits per heavy atom. The van der Waals surface area contributed by atoms with Crippen LogP contribution in [0, 0.1) is 0 Å². The summed E-state index contributed by atoms with van der Waals surface area (Å²) in [6.45, 7) is 2.32. The van der Waals surface area contributed by atoms with E-state index < -0.39 is 0 Å². The Kier molecular flexibility index (Phi) is 12.1. The Hall–Kier alpha value is -3.90. The first-order chi connectivity index (χ1) is 16.4. The van der Waals surface area contributed by atoms with E-state index in [1.807, 2.05) is 9.80 Å². The zero-order chi connectivity index (χ0) is 24.5. The predicted molar refractivity (Wildman–Crippen MR) is 149 cm³/mol. The van der Waals surface area contributed by atoms with E-state index in [0.29, 0.717) is 37.6 Å². The predicted octanol–water partition coefficient (Wildman–Crippen LogP) is 1.39. The van der Waals surface area contributed by atoms with Crippen molar-refractivity contribution in [2.24, 2.45) is 42.9 Å². The van der Waals surface area contributed by atoms with Gasteiger partial charge >= 0.3 is 0 Å². The second kappa shape index (κ2) is 14.5. The Labute approximate surface area is 222 Å². The first kappa shape index (κ1) is 30.1. The van der Waals surface area contributed by atoms with Crippen LogP contribution in [0.5, 0.6) is 11.5 Å². The number of methoxy groups -OCH3 is 2. The molecule has 36 heavy (non-hydrogen) atoms. The SMILES string of the molecule is COc1ccc(N=C(N)/N=C(\N)N2CCN(/C(N)=N/C(N)=Nc3ccc(OC)cc3)CC2)cc1.Cl.Cl. The zero-order valence-corrected chi connectivity index (χ0v) is 21.7. The van der Waals surface area contributed by atoms with Crippen molar-refractivity contribution in [3.8, 4) is 11.5 Å². The van der Waals surface area contributed by atoms with Gasteiger partial charge in [-0.1, -0.05) is 0 Å². The lowest BCUT2D eigenvalue weighted by Crippen LogP contribution is -2.54. The summed E-state index contributed by atoms with van der Waals surface area (Å²) in [7, 11) is 3.20. The lowest BCUT2D eigenvalue weighted by molar-refractivity contribution is 0.255. The molecule has 2 aromatic carbocycles. The van der Waals surface area contributed by atoms with Gasteiger partial charge in [-0.15, -0.1) is 24.8 Å². The maximum atomic E-state index is 6.12. The summed E-state index contributed by atoms with van der Waals surface area (Å²) in [5, 5.41) is 0. The van der Waals surface area contributed by atoms with Crippen molar-refractivity contribution in [1.82, 2.24) is 9.80 Å². The summed E-state index contributed by atoms with van der Waals surface area (Å²) in [5.74, 6) is 2.16. The smallest absolute Gasteiger partial charge is 0.223 e. The van der Waals surface area contributed by atoms with E-state index in [1.54, 1.807) is 62.8 Å². The minimum absolute atomic E-state index is 0. The van der Waals surface area contributed by atoms with Crippen molar-refractivity contribution in [1.29, 1.82) is 0 Å². The van der Waals surface area contributed by atoms with E-state index in [1.165, 1.54) is 0 Å². The van der Waals surface area contributed by atoms with Crippen LogP contribution in [0.15, 0.2) is 68.5 Å². The van der Waals surface area contributed by atoms with E-state index in [0.717, 1.165) is 11.5 Å². The van der Waals surface area contributed by atoms with Crippen LogP contribution in [0.4, 0.5) is 11.4 Å².